The van der Waals surface area contributed by atoms with Gasteiger partial charge in [0.2, 0.25) is 5.95 Å². The van der Waals surface area contributed by atoms with Crippen molar-refractivity contribution in [3.8, 4) is 5.75 Å². The van der Waals surface area contributed by atoms with Crippen molar-refractivity contribution in [3.63, 3.8) is 0 Å². The molecule has 7 nitrogen and oxygen atoms in total. The Bertz CT molecular complexity index is 1220. The molecule has 2 aromatic carbocycles. The van der Waals surface area contributed by atoms with E-state index in [-0.39, 0.29) is 29.8 Å². The first-order valence-electron chi connectivity index (χ1n) is 9.09. The van der Waals surface area contributed by atoms with Crippen LogP contribution in [0.4, 0.5) is 14.7 Å². The topological polar surface area (TPSA) is 82.2 Å². The maximum absolute atomic E-state index is 13.6. The van der Waals surface area contributed by atoms with E-state index in [0.29, 0.717) is 17.6 Å². The quantitative estimate of drug-likeness (QED) is 0.447. The standard InChI is InChI=1S/C21H15ClF2N4O3/c22-16-4-2-1-3-13(16)10-28-12-25-21(27-28)26-20(29)19-8-6-15(31-19)11-30-18-7-5-14(23)9-17(18)24/h1-9,12H,10-11H2,(H,26,27,29). The van der Waals surface area contributed by atoms with Crippen molar-refractivity contribution in [2.24, 2.45) is 0 Å². The summed E-state index contributed by atoms with van der Waals surface area (Å²) in [5.41, 5.74) is 0.861. The zero-order chi connectivity index (χ0) is 21.8. The van der Waals surface area contributed by atoms with Crippen LogP contribution in [-0.4, -0.2) is 20.7 Å². The number of nitrogens with one attached hydrogen (secondary N) is 1. The molecule has 0 saturated carbocycles. The first-order valence-corrected chi connectivity index (χ1v) is 9.46. The number of benzene rings is 2. The van der Waals surface area contributed by atoms with E-state index in [0.717, 1.165) is 11.6 Å². The van der Waals surface area contributed by atoms with Gasteiger partial charge in [-0.1, -0.05) is 29.8 Å². The van der Waals surface area contributed by atoms with E-state index in [1.165, 1.54) is 29.2 Å². The van der Waals surface area contributed by atoms with Crippen LogP contribution in [0.15, 0.2) is 65.3 Å². The minimum absolute atomic E-state index is 0.000585. The van der Waals surface area contributed by atoms with Gasteiger partial charge in [0.15, 0.2) is 17.3 Å². The van der Waals surface area contributed by atoms with Crippen molar-refractivity contribution >= 4 is 23.5 Å². The lowest BCUT2D eigenvalue weighted by atomic mass is 10.2. The lowest BCUT2D eigenvalue weighted by molar-refractivity contribution is 0.0991. The SMILES string of the molecule is O=C(Nc1ncn(Cc2ccccc2Cl)n1)c1ccc(COc2ccc(F)cc2F)o1. The van der Waals surface area contributed by atoms with E-state index in [1.54, 1.807) is 6.07 Å². The lowest BCUT2D eigenvalue weighted by Crippen LogP contribution is -2.12. The van der Waals surface area contributed by atoms with Crippen molar-refractivity contribution in [1.82, 2.24) is 14.8 Å². The smallest absolute Gasteiger partial charge is 0.293 e. The zero-order valence-electron chi connectivity index (χ0n) is 15.9. The summed E-state index contributed by atoms with van der Waals surface area (Å²) in [7, 11) is 0. The molecule has 4 aromatic rings. The highest BCUT2D eigenvalue weighted by molar-refractivity contribution is 6.31. The van der Waals surface area contributed by atoms with Crippen LogP contribution in [0.5, 0.6) is 5.75 Å². The molecule has 158 valence electrons. The Morgan fingerprint density at radius 3 is 2.81 bits per heavy atom. The van der Waals surface area contributed by atoms with E-state index >= 15 is 0 Å². The molecular formula is C21H15ClF2N4O3. The van der Waals surface area contributed by atoms with E-state index in [1.807, 2.05) is 18.2 Å². The van der Waals surface area contributed by atoms with Crippen LogP contribution < -0.4 is 10.1 Å². The molecule has 0 spiro atoms. The van der Waals surface area contributed by atoms with Gasteiger partial charge in [-0.15, -0.1) is 5.10 Å². The summed E-state index contributed by atoms with van der Waals surface area (Å²) in [4.78, 5) is 16.4. The van der Waals surface area contributed by atoms with Crippen molar-refractivity contribution in [1.29, 1.82) is 0 Å². The van der Waals surface area contributed by atoms with Gasteiger partial charge in [-0.2, -0.15) is 0 Å². The summed E-state index contributed by atoms with van der Waals surface area (Å²) in [6, 6.07) is 13.3. The number of ether oxygens (including phenoxy) is 1. The zero-order valence-corrected chi connectivity index (χ0v) is 16.6. The van der Waals surface area contributed by atoms with Crippen molar-refractivity contribution < 1.29 is 22.7 Å². The van der Waals surface area contributed by atoms with Gasteiger partial charge in [-0.25, -0.2) is 18.4 Å². The highest BCUT2D eigenvalue weighted by Crippen LogP contribution is 2.20. The third kappa shape index (κ3) is 5.07. The molecule has 10 heteroatoms. The van der Waals surface area contributed by atoms with Gasteiger partial charge in [-0.05, 0) is 35.9 Å². The molecule has 1 amide bonds. The van der Waals surface area contributed by atoms with Gasteiger partial charge in [0.25, 0.3) is 5.91 Å². The molecule has 0 bridgehead atoms. The second-order valence-electron chi connectivity index (χ2n) is 6.44. The monoisotopic (exact) mass is 444 g/mol. The van der Waals surface area contributed by atoms with Crippen LogP contribution in [0.2, 0.25) is 5.02 Å². The number of carbonyl (C=O) groups excluding carboxylic acids is 1. The molecule has 0 saturated heterocycles. The maximum Gasteiger partial charge on any atom is 0.293 e. The molecule has 0 atom stereocenters. The molecule has 0 aliphatic carbocycles. The fourth-order valence-corrected chi connectivity index (χ4v) is 2.91. The van der Waals surface area contributed by atoms with Gasteiger partial charge in [0.05, 0.1) is 6.54 Å². The van der Waals surface area contributed by atoms with Gasteiger partial charge in [0.1, 0.15) is 24.5 Å². The van der Waals surface area contributed by atoms with Crippen LogP contribution in [0.3, 0.4) is 0 Å². The molecule has 2 aromatic heterocycles. The summed E-state index contributed by atoms with van der Waals surface area (Å²) in [5, 5.41) is 7.32. The number of hydrogen-bond acceptors (Lipinski definition) is 5. The molecule has 0 unspecified atom stereocenters. The van der Waals surface area contributed by atoms with Crippen LogP contribution in [0.25, 0.3) is 0 Å². The average Bonchev–Trinajstić information content (AvgIpc) is 3.39. The highest BCUT2D eigenvalue weighted by atomic mass is 35.5. The minimum atomic E-state index is -0.831. The molecule has 1 N–H and O–H groups in total. The Labute approximate surface area is 180 Å². The molecular weight excluding hydrogens is 430 g/mol. The number of carbonyl (C=O) groups is 1. The van der Waals surface area contributed by atoms with Gasteiger partial charge >= 0.3 is 0 Å². The van der Waals surface area contributed by atoms with Crippen LogP contribution >= 0.6 is 11.6 Å². The number of rotatable bonds is 7. The summed E-state index contributed by atoms with van der Waals surface area (Å²) in [5.74, 6) is -1.84. The van der Waals surface area contributed by atoms with Gasteiger partial charge in [0, 0.05) is 11.1 Å². The Hall–Kier alpha value is -3.72. The van der Waals surface area contributed by atoms with Crippen LogP contribution in [-0.2, 0) is 13.2 Å². The van der Waals surface area contributed by atoms with Crippen molar-refractivity contribution in [3.05, 3.63) is 94.7 Å². The number of anilines is 1. The third-order valence-electron chi connectivity index (χ3n) is 4.20. The Morgan fingerprint density at radius 1 is 1.16 bits per heavy atom. The lowest BCUT2D eigenvalue weighted by Gasteiger charge is -2.05. The Morgan fingerprint density at radius 2 is 2.00 bits per heavy atom. The number of halogens is 3. The van der Waals surface area contributed by atoms with Crippen molar-refractivity contribution in [2.45, 2.75) is 13.2 Å². The summed E-state index contributed by atoms with van der Waals surface area (Å²) < 4.78 is 38.7. The molecule has 2 heterocycles. The number of amides is 1. The Balaban J connectivity index is 1.35. The predicted octanol–water partition coefficient (Wildman–Crippen LogP) is 4.68. The first-order chi connectivity index (χ1) is 15.0. The molecule has 31 heavy (non-hydrogen) atoms. The largest absolute Gasteiger partial charge is 0.483 e. The molecule has 4 rings (SSSR count). The van der Waals surface area contributed by atoms with Crippen molar-refractivity contribution in [2.75, 3.05) is 5.32 Å². The molecule has 0 fully saturated rings. The van der Waals surface area contributed by atoms with Gasteiger partial charge in [-0.3, -0.25) is 10.1 Å². The number of aromatic nitrogens is 3. The number of nitrogens with zero attached hydrogens (tertiary/aromatic N) is 3. The third-order valence-corrected chi connectivity index (χ3v) is 4.57. The van der Waals surface area contributed by atoms with E-state index < -0.39 is 17.5 Å². The fraction of sp³-hybridized carbons (Fsp3) is 0.0952. The summed E-state index contributed by atoms with van der Waals surface area (Å²) >= 11 is 6.14. The maximum atomic E-state index is 13.6. The van der Waals surface area contributed by atoms with E-state index in [9.17, 15) is 13.6 Å². The second-order valence-corrected chi connectivity index (χ2v) is 6.85. The molecule has 0 aliphatic rings. The molecule has 0 aliphatic heterocycles. The average molecular weight is 445 g/mol. The fourth-order valence-electron chi connectivity index (χ4n) is 2.71. The Kier molecular flexibility index (Phi) is 5.94. The van der Waals surface area contributed by atoms with Gasteiger partial charge < -0.3 is 9.15 Å². The predicted molar refractivity (Wildman–Crippen MR) is 108 cm³/mol. The number of hydrogen-bond donors (Lipinski definition) is 1. The van der Waals surface area contributed by atoms with E-state index in [4.69, 9.17) is 20.8 Å². The van der Waals surface area contributed by atoms with Crippen LogP contribution in [0, 0.1) is 11.6 Å². The van der Waals surface area contributed by atoms with E-state index in [2.05, 4.69) is 15.4 Å². The first kappa shape index (κ1) is 20.5. The minimum Gasteiger partial charge on any atom is -0.483 e. The normalized spacial score (nSPS) is 10.8. The summed E-state index contributed by atoms with van der Waals surface area (Å²) in [6.07, 6.45) is 1.47. The molecule has 0 radical (unpaired) electrons. The number of furan rings is 1. The second kappa shape index (κ2) is 8.97. The van der Waals surface area contributed by atoms with Crippen LogP contribution in [0.1, 0.15) is 21.9 Å². The highest BCUT2D eigenvalue weighted by Gasteiger charge is 2.15. The summed E-state index contributed by atoms with van der Waals surface area (Å²) in [6.45, 7) is 0.255.